The summed E-state index contributed by atoms with van der Waals surface area (Å²) in [6.45, 7) is 3.99. The summed E-state index contributed by atoms with van der Waals surface area (Å²) in [5, 5.41) is 3.15. The van der Waals surface area contributed by atoms with Crippen molar-refractivity contribution in [1.82, 2.24) is 14.9 Å². The van der Waals surface area contributed by atoms with Crippen molar-refractivity contribution in [2.75, 3.05) is 13.2 Å². The first kappa shape index (κ1) is 13.1. The molecule has 15 heavy (non-hydrogen) atoms. The highest BCUT2D eigenvalue weighted by Gasteiger charge is 2.10. The minimum absolute atomic E-state index is 0.275. The predicted molar refractivity (Wildman–Crippen MR) is 65.6 cm³/mol. The van der Waals surface area contributed by atoms with E-state index in [0.717, 1.165) is 21.6 Å². The van der Waals surface area contributed by atoms with Gasteiger partial charge < -0.3 is 9.88 Å². The third-order valence-corrected chi connectivity index (χ3v) is 3.92. The maximum absolute atomic E-state index is 11.9. The molecule has 0 amide bonds. The molecule has 0 aliphatic rings. The fourth-order valence-electron chi connectivity index (χ4n) is 1.29. The zero-order valence-corrected chi connectivity index (χ0v) is 11.7. The van der Waals surface area contributed by atoms with E-state index >= 15 is 0 Å². The zero-order chi connectivity index (χ0) is 11.3. The first-order valence-electron chi connectivity index (χ1n) is 4.87. The van der Waals surface area contributed by atoms with Gasteiger partial charge in [0.05, 0.1) is 13.2 Å². The smallest absolute Gasteiger partial charge is 0.139 e. The third kappa shape index (κ3) is 3.53. The molecular weight excluding hydrogens is 329 g/mol. The fourth-order valence-corrected chi connectivity index (χ4v) is 2.26. The molecule has 1 heterocycles. The quantitative estimate of drug-likeness (QED) is 0.805. The van der Waals surface area contributed by atoms with Crippen LogP contribution in [-0.4, -0.2) is 22.8 Å². The number of nitrogens with one attached hydrogen (secondary N) is 1. The summed E-state index contributed by atoms with van der Waals surface area (Å²) in [5.41, 5.74) is 0. The van der Waals surface area contributed by atoms with Crippen LogP contribution in [0.4, 0.5) is 4.39 Å². The van der Waals surface area contributed by atoms with Gasteiger partial charge in [-0.1, -0.05) is 0 Å². The van der Waals surface area contributed by atoms with Crippen molar-refractivity contribution in [3.8, 4) is 0 Å². The Morgan fingerprint density at radius 1 is 1.47 bits per heavy atom. The van der Waals surface area contributed by atoms with Gasteiger partial charge >= 0.3 is 0 Å². The molecule has 0 atom stereocenters. The lowest BCUT2D eigenvalue weighted by molar-refractivity contribution is 0.456. The van der Waals surface area contributed by atoms with Crippen LogP contribution in [0.3, 0.4) is 0 Å². The lowest BCUT2D eigenvalue weighted by Gasteiger charge is -2.06. The van der Waals surface area contributed by atoms with Gasteiger partial charge in [0.1, 0.15) is 15.0 Å². The topological polar surface area (TPSA) is 29.9 Å². The van der Waals surface area contributed by atoms with E-state index in [1.54, 1.807) is 0 Å². The van der Waals surface area contributed by atoms with Gasteiger partial charge in [0, 0.05) is 6.54 Å². The van der Waals surface area contributed by atoms with Crippen LogP contribution in [0.5, 0.6) is 0 Å². The Morgan fingerprint density at radius 2 is 2.20 bits per heavy atom. The summed E-state index contributed by atoms with van der Waals surface area (Å²) in [5.74, 6) is 0.954. The van der Waals surface area contributed by atoms with Crippen LogP contribution in [0.1, 0.15) is 19.2 Å². The first-order valence-corrected chi connectivity index (χ1v) is 6.46. The highest BCUT2D eigenvalue weighted by Crippen LogP contribution is 2.23. The molecule has 1 rings (SSSR count). The van der Waals surface area contributed by atoms with Gasteiger partial charge in [0.25, 0.3) is 0 Å². The summed E-state index contributed by atoms with van der Waals surface area (Å²) >= 11 is 6.81. The van der Waals surface area contributed by atoms with Crippen LogP contribution < -0.4 is 5.32 Å². The van der Waals surface area contributed by atoms with Crippen LogP contribution in [0, 0.1) is 0 Å². The second-order valence-electron chi connectivity index (χ2n) is 3.07. The van der Waals surface area contributed by atoms with Gasteiger partial charge in [-0.3, -0.25) is 4.39 Å². The lowest BCUT2D eigenvalue weighted by Crippen LogP contribution is -2.18. The molecule has 6 heteroatoms. The molecule has 0 saturated heterocycles. The highest BCUT2D eigenvalue weighted by molar-refractivity contribution is 9.13. The number of hydrogen-bond acceptors (Lipinski definition) is 2. The minimum Gasteiger partial charge on any atom is -0.321 e. The summed E-state index contributed by atoms with van der Waals surface area (Å²) in [6, 6.07) is 0. The molecule has 0 aromatic carbocycles. The van der Waals surface area contributed by atoms with Crippen LogP contribution >= 0.6 is 31.9 Å². The van der Waals surface area contributed by atoms with Crippen molar-refractivity contribution in [1.29, 1.82) is 0 Å². The highest BCUT2D eigenvalue weighted by atomic mass is 79.9. The van der Waals surface area contributed by atoms with Gasteiger partial charge in [-0.05, 0) is 51.7 Å². The lowest BCUT2D eigenvalue weighted by atomic mass is 10.4. The van der Waals surface area contributed by atoms with Gasteiger partial charge in [-0.2, -0.15) is 0 Å². The Morgan fingerprint density at radius 3 is 2.80 bits per heavy atom. The van der Waals surface area contributed by atoms with Crippen molar-refractivity contribution in [2.45, 2.75) is 26.4 Å². The molecule has 0 radical (unpaired) electrons. The number of rotatable bonds is 6. The second-order valence-corrected chi connectivity index (χ2v) is 4.58. The van der Waals surface area contributed by atoms with Gasteiger partial charge in [-0.25, -0.2) is 4.98 Å². The van der Waals surface area contributed by atoms with E-state index in [1.807, 2.05) is 0 Å². The average Bonchev–Trinajstić information content (AvgIpc) is 2.50. The SMILES string of the molecule is CCn1c(CNCCCF)nc(Br)c1Br. The number of alkyl halides is 1. The van der Waals surface area contributed by atoms with E-state index in [4.69, 9.17) is 0 Å². The zero-order valence-electron chi connectivity index (χ0n) is 8.56. The van der Waals surface area contributed by atoms with Crippen LogP contribution in [-0.2, 0) is 13.1 Å². The molecule has 0 fully saturated rings. The molecule has 0 aliphatic heterocycles. The van der Waals surface area contributed by atoms with Gasteiger partial charge in [0.2, 0.25) is 0 Å². The average molecular weight is 343 g/mol. The number of aromatic nitrogens is 2. The van der Waals surface area contributed by atoms with Gasteiger partial charge in [0.15, 0.2) is 0 Å². The number of halogens is 3. The van der Waals surface area contributed by atoms with Crippen molar-refractivity contribution in [3.05, 3.63) is 15.0 Å². The number of hydrogen-bond donors (Lipinski definition) is 1. The van der Waals surface area contributed by atoms with E-state index in [1.165, 1.54) is 0 Å². The van der Waals surface area contributed by atoms with Crippen molar-refractivity contribution < 1.29 is 4.39 Å². The summed E-state index contributed by atoms with van der Waals surface area (Å²) in [4.78, 5) is 4.36. The Hall–Kier alpha value is 0.0600. The predicted octanol–water partition coefficient (Wildman–Crippen LogP) is 2.88. The molecule has 1 aromatic rings. The number of nitrogens with zero attached hydrogens (tertiary/aromatic N) is 2. The molecule has 86 valence electrons. The van der Waals surface area contributed by atoms with Crippen LogP contribution in [0.25, 0.3) is 0 Å². The molecule has 1 N–H and O–H groups in total. The molecular formula is C9H14Br2FN3. The van der Waals surface area contributed by atoms with Crippen molar-refractivity contribution in [2.24, 2.45) is 0 Å². The standard InChI is InChI=1S/C9H14Br2FN3/c1-2-15-7(6-13-5-3-4-12)14-8(10)9(15)11/h13H,2-6H2,1H3. The summed E-state index contributed by atoms with van der Waals surface area (Å²) in [6.07, 6.45) is 0.551. The summed E-state index contributed by atoms with van der Waals surface area (Å²) in [7, 11) is 0. The van der Waals surface area contributed by atoms with E-state index in [9.17, 15) is 4.39 Å². The molecule has 3 nitrogen and oxygen atoms in total. The van der Waals surface area contributed by atoms with Crippen LogP contribution in [0.2, 0.25) is 0 Å². The largest absolute Gasteiger partial charge is 0.321 e. The Labute approximate surface area is 106 Å². The van der Waals surface area contributed by atoms with E-state index in [-0.39, 0.29) is 6.67 Å². The Bertz CT molecular complexity index is 315. The van der Waals surface area contributed by atoms with E-state index in [2.05, 4.69) is 53.7 Å². The van der Waals surface area contributed by atoms with E-state index < -0.39 is 0 Å². The minimum atomic E-state index is -0.275. The summed E-state index contributed by atoms with van der Waals surface area (Å²) < 4.78 is 15.7. The second kappa shape index (κ2) is 6.60. The van der Waals surface area contributed by atoms with Crippen molar-refractivity contribution >= 4 is 31.9 Å². The maximum Gasteiger partial charge on any atom is 0.139 e. The third-order valence-electron chi connectivity index (χ3n) is 2.03. The van der Waals surface area contributed by atoms with E-state index in [0.29, 0.717) is 19.5 Å². The Balaban J connectivity index is 2.56. The van der Waals surface area contributed by atoms with Crippen molar-refractivity contribution in [3.63, 3.8) is 0 Å². The Kier molecular flexibility index (Phi) is 5.78. The monoisotopic (exact) mass is 341 g/mol. The van der Waals surface area contributed by atoms with Gasteiger partial charge in [-0.15, -0.1) is 0 Å². The molecule has 0 aliphatic carbocycles. The molecule has 0 saturated carbocycles. The number of imidazole rings is 1. The molecule has 0 spiro atoms. The molecule has 0 unspecified atom stereocenters. The molecule has 1 aromatic heterocycles. The normalized spacial score (nSPS) is 10.9. The van der Waals surface area contributed by atoms with Crippen LogP contribution in [0.15, 0.2) is 9.21 Å². The first-order chi connectivity index (χ1) is 7.20. The maximum atomic E-state index is 11.9. The molecule has 0 bridgehead atoms. The fraction of sp³-hybridized carbons (Fsp3) is 0.667.